The topological polar surface area (TPSA) is 49.8 Å². The standard InChI is InChI=1S/C13H17NO3/c1-14(10-6-7-10)8-9-17-12-5-3-2-4-11(12)13(15)16/h2-5,10H,6-9H2,1H3,(H,15,16). The van der Waals surface area contributed by atoms with E-state index in [1.807, 2.05) is 0 Å². The lowest BCUT2D eigenvalue weighted by Crippen LogP contribution is -2.26. The molecule has 1 N–H and O–H groups in total. The molecule has 1 aromatic rings. The lowest BCUT2D eigenvalue weighted by atomic mass is 10.2. The van der Waals surface area contributed by atoms with E-state index in [0.29, 0.717) is 18.4 Å². The highest BCUT2D eigenvalue weighted by atomic mass is 16.5. The maximum Gasteiger partial charge on any atom is 0.339 e. The third-order valence-electron chi connectivity index (χ3n) is 2.99. The second kappa shape index (κ2) is 5.19. The van der Waals surface area contributed by atoms with Gasteiger partial charge in [-0.05, 0) is 32.0 Å². The number of carboxylic acid groups (broad SMARTS) is 1. The van der Waals surface area contributed by atoms with Crippen molar-refractivity contribution in [3.05, 3.63) is 29.8 Å². The van der Waals surface area contributed by atoms with Gasteiger partial charge in [-0.25, -0.2) is 4.79 Å². The number of nitrogens with zero attached hydrogens (tertiary/aromatic N) is 1. The molecule has 0 atom stereocenters. The van der Waals surface area contributed by atoms with Crippen molar-refractivity contribution < 1.29 is 14.6 Å². The summed E-state index contributed by atoms with van der Waals surface area (Å²) < 4.78 is 5.52. The number of likely N-dealkylation sites (N-methyl/N-ethyl adjacent to an activating group) is 1. The number of para-hydroxylation sites is 1. The number of aromatic carboxylic acids is 1. The number of carbonyl (C=O) groups is 1. The van der Waals surface area contributed by atoms with Crippen LogP contribution in [0.1, 0.15) is 23.2 Å². The van der Waals surface area contributed by atoms with E-state index in [9.17, 15) is 4.79 Å². The second-order valence-corrected chi connectivity index (χ2v) is 4.36. The Bertz CT molecular complexity index is 401. The van der Waals surface area contributed by atoms with Crippen LogP contribution in [0.2, 0.25) is 0 Å². The number of rotatable bonds is 6. The van der Waals surface area contributed by atoms with Crippen molar-refractivity contribution >= 4 is 5.97 Å². The smallest absolute Gasteiger partial charge is 0.339 e. The van der Waals surface area contributed by atoms with Crippen molar-refractivity contribution in [1.82, 2.24) is 4.90 Å². The molecule has 92 valence electrons. The van der Waals surface area contributed by atoms with Crippen molar-refractivity contribution in [2.45, 2.75) is 18.9 Å². The summed E-state index contributed by atoms with van der Waals surface area (Å²) in [5, 5.41) is 8.98. The van der Waals surface area contributed by atoms with Crippen LogP contribution in [0.5, 0.6) is 5.75 Å². The fourth-order valence-corrected chi connectivity index (χ4v) is 1.77. The van der Waals surface area contributed by atoms with Crippen LogP contribution >= 0.6 is 0 Å². The molecular formula is C13H17NO3. The summed E-state index contributed by atoms with van der Waals surface area (Å²) in [6.07, 6.45) is 2.53. The first-order chi connectivity index (χ1) is 8.18. The summed E-state index contributed by atoms with van der Waals surface area (Å²) in [6.45, 7) is 1.36. The van der Waals surface area contributed by atoms with Crippen LogP contribution in [0.4, 0.5) is 0 Å². The predicted octanol–water partition coefficient (Wildman–Crippen LogP) is 1.86. The number of hydrogen-bond acceptors (Lipinski definition) is 3. The molecule has 2 rings (SSSR count). The molecule has 0 radical (unpaired) electrons. The van der Waals surface area contributed by atoms with E-state index in [4.69, 9.17) is 9.84 Å². The number of ether oxygens (including phenoxy) is 1. The summed E-state index contributed by atoms with van der Waals surface area (Å²) in [6, 6.07) is 7.44. The molecule has 0 aromatic heterocycles. The van der Waals surface area contributed by atoms with Crippen LogP contribution in [0, 0.1) is 0 Å². The van der Waals surface area contributed by atoms with Gasteiger partial charge in [0.2, 0.25) is 0 Å². The summed E-state index contributed by atoms with van der Waals surface area (Å²) in [5.41, 5.74) is 0.224. The maximum atomic E-state index is 10.9. The largest absolute Gasteiger partial charge is 0.491 e. The molecular weight excluding hydrogens is 218 g/mol. The van der Waals surface area contributed by atoms with E-state index in [0.717, 1.165) is 6.54 Å². The third kappa shape index (κ3) is 3.20. The first kappa shape index (κ1) is 11.9. The Morgan fingerprint density at radius 1 is 1.47 bits per heavy atom. The SMILES string of the molecule is CN(CCOc1ccccc1C(=O)O)C1CC1. The fraction of sp³-hybridized carbons (Fsp3) is 0.462. The van der Waals surface area contributed by atoms with Gasteiger partial charge in [0, 0.05) is 12.6 Å². The molecule has 4 nitrogen and oxygen atoms in total. The van der Waals surface area contributed by atoms with E-state index in [2.05, 4.69) is 11.9 Å². The number of carboxylic acids is 1. The van der Waals surface area contributed by atoms with Crippen LogP contribution in [-0.2, 0) is 0 Å². The van der Waals surface area contributed by atoms with Crippen LogP contribution in [0.25, 0.3) is 0 Å². The quantitative estimate of drug-likeness (QED) is 0.817. The zero-order valence-electron chi connectivity index (χ0n) is 9.93. The molecule has 0 amide bonds. The highest BCUT2D eigenvalue weighted by Crippen LogP contribution is 2.25. The van der Waals surface area contributed by atoms with Gasteiger partial charge >= 0.3 is 5.97 Å². The molecule has 1 fully saturated rings. The summed E-state index contributed by atoms with van der Waals surface area (Å²) >= 11 is 0. The molecule has 0 spiro atoms. The van der Waals surface area contributed by atoms with E-state index in [1.165, 1.54) is 12.8 Å². The third-order valence-corrected chi connectivity index (χ3v) is 2.99. The molecule has 1 saturated carbocycles. The minimum absolute atomic E-state index is 0.224. The average molecular weight is 235 g/mol. The van der Waals surface area contributed by atoms with Crippen molar-refractivity contribution in [3.8, 4) is 5.75 Å². The zero-order chi connectivity index (χ0) is 12.3. The van der Waals surface area contributed by atoms with Crippen molar-refractivity contribution in [3.63, 3.8) is 0 Å². The van der Waals surface area contributed by atoms with Gasteiger partial charge in [0.1, 0.15) is 17.9 Å². The Labute approximate surface area is 101 Å². The van der Waals surface area contributed by atoms with Gasteiger partial charge in [-0.2, -0.15) is 0 Å². The van der Waals surface area contributed by atoms with Gasteiger partial charge in [0.05, 0.1) is 0 Å². The van der Waals surface area contributed by atoms with Gasteiger partial charge in [0.15, 0.2) is 0 Å². The number of benzene rings is 1. The molecule has 4 heteroatoms. The molecule has 0 bridgehead atoms. The molecule has 1 aromatic carbocycles. The Kier molecular flexibility index (Phi) is 3.64. The van der Waals surface area contributed by atoms with Gasteiger partial charge in [-0.1, -0.05) is 12.1 Å². The van der Waals surface area contributed by atoms with Crippen molar-refractivity contribution in [1.29, 1.82) is 0 Å². The minimum atomic E-state index is -0.948. The fourth-order valence-electron chi connectivity index (χ4n) is 1.77. The predicted molar refractivity (Wildman–Crippen MR) is 64.5 cm³/mol. The second-order valence-electron chi connectivity index (χ2n) is 4.36. The summed E-state index contributed by atoms with van der Waals surface area (Å²) in [7, 11) is 2.07. The normalized spacial score (nSPS) is 14.9. The Hall–Kier alpha value is -1.55. The molecule has 17 heavy (non-hydrogen) atoms. The minimum Gasteiger partial charge on any atom is -0.491 e. The van der Waals surface area contributed by atoms with Crippen LogP contribution in [0.3, 0.4) is 0 Å². The number of hydrogen-bond donors (Lipinski definition) is 1. The molecule has 0 saturated heterocycles. The van der Waals surface area contributed by atoms with Crippen LogP contribution < -0.4 is 4.74 Å². The van der Waals surface area contributed by atoms with E-state index in [-0.39, 0.29) is 5.56 Å². The van der Waals surface area contributed by atoms with E-state index >= 15 is 0 Å². The highest BCUT2D eigenvalue weighted by molar-refractivity contribution is 5.90. The molecule has 0 heterocycles. The molecule has 0 unspecified atom stereocenters. The molecule has 0 aliphatic heterocycles. The van der Waals surface area contributed by atoms with Crippen LogP contribution in [-0.4, -0.2) is 42.2 Å². The van der Waals surface area contributed by atoms with E-state index < -0.39 is 5.97 Å². The van der Waals surface area contributed by atoms with Gasteiger partial charge < -0.3 is 14.7 Å². The van der Waals surface area contributed by atoms with E-state index in [1.54, 1.807) is 24.3 Å². The highest BCUT2D eigenvalue weighted by Gasteiger charge is 2.25. The summed E-state index contributed by atoms with van der Waals surface area (Å²) in [4.78, 5) is 13.2. The molecule has 1 aliphatic rings. The lowest BCUT2D eigenvalue weighted by Gasteiger charge is -2.16. The first-order valence-electron chi connectivity index (χ1n) is 5.84. The molecule has 1 aliphatic carbocycles. The maximum absolute atomic E-state index is 10.9. The lowest BCUT2D eigenvalue weighted by molar-refractivity contribution is 0.0691. The van der Waals surface area contributed by atoms with Crippen LogP contribution in [0.15, 0.2) is 24.3 Å². The van der Waals surface area contributed by atoms with Gasteiger partial charge in [0.25, 0.3) is 0 Å². The van der Waals surface area contributed by atoms with Crippen molar-refractivity contribution in [2.75, 3.05) is 20.2 Å². The van der Waals surface area contributed by atoms with Crippen molar-refractivity contribution in [2.24, 2.45) is 0 Å². The summed E-state index contributed by atoms with van der Waals surface area (Å²) in [5.74, 6) is -0.500. The van der Waals surface area contributed by atoms with Gasteiger partial charge in [-0.3, -0.25) is 0 Å². The Morgan fingerprint density at radius 2 is 2.18 bits per heavy atom. The van der Waals surface area contributed by atoms with Gasteiger partial charge in [-0.15, -0.1) is 0 Å². The monoisotopic (exact) mass is 235 g/mol. The first-order valence-corrected chi connectivity index (χ1v) is 5.84. The zero-order valence-corrected chi connectivity index (χ0v) is 9.93. The Balaban J connectivity index is 1.87. The average Bonchev–Trinajstić information content (AvgIpc) is 3.13. The Morgan fingerprint density at radius 3 is 2.82 bits per heavy atom.